The SMILES string of the molecule is CC(C)(COP(=O)(O)OP(=O)(O)OC[C@@H]1O[C@H](n2cnc3c(N)ncnc32)[C@H](O)[C@@H]1OP(=O)(O)O)[C@@H](O)C(=O)NCCC(=O)NCCSC(=O)C[C@@](C)(O)CC(=O)O. The number of nitrogens with two attached hydrogens (primary N) is 1. The largest absolute Gasteiger partial charge is 0.481 e. The first kappa shape index (κ1) is 49.4. The Hall–Kier alpha value is -3.01. The first-order valence-electron chi connectivity index (χ1n) is 16.6. The lowest BCUT2D eigenvalue weighted by atomic mass is 9.87. The molecule has 12 N–H and O–H groups in total. The number of nitrogen functional groups attached to an aromatic ring is 1. The first-order valence-corrected chi connectivity index (χ1v) is 22.1. The number of nitrogens with one attached hydrogen (secondary N) is 2. The average molecular weight is 912 g/mol. The molecule has 1 aliphatic rings. The summed E-state index contributed by atoms with van der Waals surface area (Å²) < 4.78 is 62.0. The molecule has 1 saturated heterocycles. The number of aliphatic hydroxyl groups excluding tert-OH is 2. The van der Waals surface area contributed by atoms with Gasteiger partial charge in [0.2, 0.25) is 11.8 Å². The maximum absolute atomic E-state index is 12.7. The van der Waals surface area contributed by atoms with Gasteiger partial charge in [0.15, 0.2) is 22.8 Å². The van der Waals surface area contributed by atoms with E-state index in [-0.39, 0.29) is 42.2 Å². The first-order chi connectivity index (χ1) is 26.6. The van der Waals surface area contributed by atoms with Crippen LogP contribution in [0.15, 0.2) is 12.7 Å². The summed E-state index contributed by atoms with van der Waals surface area (Å²) in [6, 6.07) is 0. The van der Waals surface area contributed by atoms with Crippen LogP contribution in [-0.4, -0.2) is 144 Å². The van der Waals surface area contributed by atoms with Gasteiger partial charge in [0.25, 0.3) is 0 Å². The van der Waals surface area contributed by atoms with Crippen molar-refractivity contribution in [2.45, 2.75) is 76.3 Å². The van der Waals surface area contributed by atoms with Gasteiger partial charge in [0.05, 0.1) is 31.6 Å². The smallest absolute Gasteiger partial charge is 0.481 e. The summed E-state index contributed by atoms with van der Waals surface area (Å²) >= 11 is 0.771. The Kier molecular flexibility index (Phi) is 17.0. The molecule has 1 fully saturated rings. The van der Waals surface area contributed by atoms with Crippen molar-refractivity contribution in [1.82, 2.24) is 30.2 Å². The van der Waals surface area contributed by atoms with E-state index >= 15 is 0 Å². The van der Waals surface area contributed by atoms with E-state index < -0.39 is 114 Å². The molecule has 0 spiro atoms. The van der Waals surface area contributed by atoms with Crippen molar-refractivity contribution in [1.29, 1.82) is 0 Å². The van der Waals surface area contributed by atoms with Crippen LogP contribution in [0.1, 0.15) is 46.3 Å². The van der Waals surface area contributed by atoms with E-state index in [2.05, 4.69) is 34.4 Å². The van der Waals surface area contributed by atoms with Gasteiger partial charge in [-0.1, -0.05) is 25.6 Å². The molecule has 31 heteroatoms. The number of carbonyl (C=O) groups is 4. The number of amides is 2. The molecule has 58 heavy (non-hydrogen) atoms. The molecule has 1 aliphatic heterocycles. The van der Waals surface area contributed by atoms with E-state index in [1.54, 1.807) is 0 Å². The van der Waals surface area contributed by atoms with Crippen LogP contribution in [-0.2, 0) is 55.5 Å². The van der Waals surface area contributed by atoms with Crippen LogP contribution in [0.25, 0.3) is 11.2 Å². The number of thioether (sulfide) groups is 1. The van der Waals surface area contributed by atoms with E-state index in [9.17, 15) is 67.8 Å². The zero-order valence-electron chi connectivity index (χ0n) is 30.8. The number of anilines is 1. The van der Waals surface area contributed by atoms with Crippen molar-refractivity contribution in [3.8, 4) is 0 Å². The number of ether oxygens (including phenoxy) is 1. The highest BCUT2D eigenvalue weighted by atomic mass is 32.2. The van der Waals surface area contributed by atoms with Crippen molar-refractivity contribution in [3.63, 3.8) is 0 Å². The Morgan fingerprint density at radius 1 is 1.02 bits per heavy atom. The van der Waals surface area contributed by atoms with E-state index in [1.807, 2.05) is 0 Å². The fourth-order valence-electron chi connectivity index (χ4n) is 5.05. The standard InChI is InChI=1S/C27H44N7O20P3S/c1-26(2,21(40)24(41)30-5-4-15(35)29-6-7-58-17(38)9-27(3,42)8-16(36)37)11-51-57(48,49)54-56(46,47)50-10-14-20(53-55(43,44)45)19(39)25(52-14)34-13-33-18-22(28)31-12-32-23(18)34/h12-14,19-21,25,39-40,42H,4-11H2,1-3H3,(H,29,35)(H,30,41)(H,36,37)(H,46,47)(H,48,49)(H2,28,31,32)(H2,43,44,45)/t14-,19+,20+,21-,25-,27-/m0/s1. The van der Waals surface area contributed by atoms with Crippen LogP contribution >= 0.6 is 35.2 Å². The molecule has 2 aromatic heterocycles. The number of nitrogens with zero attached hydrogens (tertiary/aromatic N) is 4. The Labute approximate surface area is 332 Å². The molecular weight excluding hydrogens is 867 g/mol. The molecule has 0 bridgehead atoms. The van der Waals surface area contributed by atoms with Crippen molar-refractivity contribution < 1.29 is 95.5 Å². The van der Waals surface area contributed by atoms with Gasteiger partial charge in [0, 0.05) is 37.1 Å². The van der Waals surface area contributed by atoms with Gasteiger partial charge < -0.3 is 61.1 Å². The summed E-state index contributed by atoms with van der Waals surface area (Å²) in [7, 11) is -16.5. The lowest BCUT2D eigenvalue weighted by Crippen LogP contribution is -2.46. The molecule has 0 aromatic carbocycles. The summed E-state index contributed by atoms with van der Waals surface area (Å²) in [4.78, 5) is 98.2. The molecule has 0 aliphatic carbocycles. The number of phosphoric acid groups is 3. The number of hydrogen-bond donors (Lipinski definition) is 11. The van der Waals surface area contributed by atoms with Crippen molar-refractivity contribution in [2.24, 2.45) is 5.41 Å². The highest BCUT2D eigenvalue weighted by molar-refractivity contribution is 8.13. The Morgan fingerprint density at radius 3 is 2.31 bits per heavy atom. The molecule has 0 saturated carbocycles. The number of carbonyl (C=O) groups excluding carboxylic acids is 3. The van der Waals surface area contributed by atoms with Gasteiger partial charge in [-0.25, -0.2) is 28.6 Å². The lowest BCUT2D eigenvalue weighted by Gasteiger charge is -2.30. The van der Waals surface area contributed by atoms with Crippen molar-refractivity contribution >= 4 is 75.1 Å². The minimum absolute atomic E-state index is 0.0147. The highest BCUT2D eigenvalue weighted by Crippen LogP contribution is 2.61. The van der Waals surface area contributed by atoms with Crippen molar-refractivity contribution in [3.05, 3.63) is 12.7 Å². The minimum Gasteiger partial charge on any atom is -0.481 e. The molecule has 0 radical (unpaired) electrons. The Morgan fingerprint density at radius 2 is 1.67 bits per heavy atom. The van der Waals surface area contributed by atoms with E-state index in [0.717, 1.165) is 29.0 Å². The zero-order chi connectivity index (χ0) is 43.9. The number of imidazole rings is 1. The third-order valence-corrected chi connectivity index (χ3v) is 11.8. The normalized spacial score (nSPS) is 22.4. The summed E-state index contributed by atoms with van der Waals surface area (Å²) in [5.74, 6) is -2.81. The van der Waals surface area contributed by atoms with Crippen LogP contribution in [0.5, 0.6) is 0 Å². The minimum atomic E-state index is -5.60. The average Bonchev–Trinajstić information content (AvgIpc) is 3.63. The van der Waals surface area contributed by atoms with Gasteiger partial charge in [0.1, 0.15) is 36.3 Å². The highest BCUT2D eigenvalue weighted by Gasteiger charge is 2.50. The van der Waals surface area contributed by atoms with Crippen LogP contribution in [0.3, 0.4) is 0 Å². The second-order valence-electron chi connectivity index (χ2n) is 13.5. The van der Waals surface area contributed by atoms with E-state index in [4.69, 9.17) is 24.6 Å². The number of rotatable bonds is 23. The third-order valence-electron chi connectivity index (χ3n) is 7.82. The van der Waals surface area contributed by atoms with Crippen LogP contribution in [0, 0.1) is 5.41 Å². The van der Waals surface area contributed by atoms with E-state index in [1.165, 1.54) is 20.8 Å². The van der Waals surface area contributed by atoms with Crippen molar-refractivity contribution in [2.75, 3.05) is 37.8 Å². The van der Waals surface area contributed by atoms with E-state index in [0.29, 0.717) is 0 Å². The number of aromatic nitrogens is 4. The number of aliphatic hydroxyl groups is 3. The van der Waals surface area contributed by atoms with Crippen LogP contribution < -0.4 is 16.4 Å². The van der Waals surface area contributed by atoms with Gasteiger partial charge in [-0.2, -0.15) is 4.31 Å². The molecule has 2 aromatic rings. The fraction of sp³-hybridized carbons (Fsp3) is 0.667. The predicted molar refractivity (Wildman–Crippen MR) is 195 cm³/mol. The number of phosphoric ester groups is 3. The zero-order valence-corrected chi connectivity index (χ0v) is 34.3. The maximum Gasteiger partial charge on any atom is 0.481 e. The molecule has 2 unspecified atom stereocenters. The fourth-order valence-corrected chi connectivity index (χ4v) is 8.72. The topological polar surface area (TPSA) is 421 Å². The maximum atomic E-state index is 12.7. The number of carboxylic acid groups (broad SMARTS) is 1. The Balaban J connectivity index is 1.47. The van der Waals surface area contributed by atoms with Gasteiger partial charge in [-0.15, -0.1) is 0 Å². The molecular formula is C27H44N7O20P3S. The van der Waals surface area contributed by atoms with Gasteiger partial charge in [-0.3, -0.25) is 37.3 Å². The quantitative estimate of drug-likeness (QED) is 0.0436. The number of hydrogen-bond acceptors (Lipinski definition) is 20. The van der Waals surface area contributed by atoms with Crippen LogP contribution in [0.4, 0.5) is 5.82 Å². The summed E-state index contributed by atoms with van der Waals surface area (Å²) in [6.07, 6.45) is -8.22. The number of aliphatic carboxylic acids is 1. The number of fused-ring (bicyclic) bond motifs is 1. The lowest BCUT2D eigenvalue weighted by molar-refractivity contribution is -0.142. The number of carboxylic acids is 1. The third kappa shape index (κ3) is 15.2. The summed E-state index contributed by atoms with van der Waals surface area (Å²) in [5, 5.41) is 44.4. The summed E-state index contributed by atoms with van der Waals surface area (Å²) in [6.45, 7) is 1.29. The molecule has 328 valence electrons. The molecule has 8 atom stereocenters. The molecule has 3 heterocycles. The van der Waals surface area contributed by atoms with Gasteiger partial charge >= 0.3 is 29.4 Å². The van der Waals surface area contributed by atoms with Gasteiger partial charge in [-0.05, 0) is 6.92 Å². The second kappa shape index (κ2) is 20.0. The second-order valence-corrected chi connectivity index (χ2v) is 18.9. The molecule has 3 rings (SSSR count). The molecule has 2 amide bonds. The summed E-state index contributed by atoms with van der Waals surface area (Å²) in [5.41, 5.74) is 2.44. The predicted octanol–water partition coefficient (Wildman–Crippen LogP) is -1.72. The Bertz CT molecular complexity index is 1950. The monoisotopic (exact) mass is 911 g/mol. The molecule has 27 nitrogen and oxygen atoms in total. The van der Waals surface area contributed by atoms with Crippen LogP contribution in [0.2, 0.25) is 0 Å².